The molecule has 4 nitrogen and oxygen atoms in total. The molecule has 0 spiro atoms. The molecule has 1 aromatic heterocycles. The topological polar surface area (TPSA) is 51.2 Å². The van der Waals surface area contributed by atoms with E-state index in [1.807, 2.05) is 32.0 Å². The number of nitrogens with zero attached hydrogens (tertiary/aromatic N) is 1. The molecule has 0 saturated carbocycles. The summed E-state index contributed by atoms with van der Waals surface area (Å²) >= 11 is 0. The minimum Gasteiger partial charge on any atom is -0.468 e. The molecule has 0 saturated heterocycles. The van der Waals surface area contributed by atoms with Crippen molar-refractivity contribution in [1.82, 2.24) is 10.3 Å². The molecule has 0 radical (unpaired) electrons. The summed E-state index contributed by atoms with van der Waals surface area (Å²) in [5.41, 5.74) is 0.921. The summed E-state index contributed by atoms with van der Waals surface area (Å²) in [4.78, 5) is 15.6. The first-order valence-corrected chi connectivity index (χ1v) is 5.43. The number of carbonyl (C=O) groups excluding carboxylic acids is 1. The van der Waals surface area contributed by atoms with E-state index in [1.165, 1.54) is 7.11 Å². The first-order chi connectivity index (χ1) is 7.69. The van der Waals surface area contributed by atoms with Crippen LogP contribution in [-0.4, -0.2) is 24.1 Å². The molecule has 0 aliphatic rings. The number of hydrogen-bond donors (Lipinski definition) is 1. The number of aromatic nitrogens is 1. The zero-order valence-electron chi connectivity index (χ0n) is 9.93. The van der Waals surface area contributed by atoms with Crippen molar-refractivity contribution >= 4 is 5.97 Å². The van der Waals surface area contributed by atoms with Gasteiger partial charge in [0.15, 0.2) is 0 Å². The fraction of sp³-hybridized carbons (Fsp3) is 0.500. The number of carbonyl (C=O) groups is 1. The van der Waals surface area contributed by atoms with Crippen LogP contribution in [0.3, 0.4) is 0 Å². The fourth-order valence-electron chi connectivity index (χ4n) is 1.51. The van der Waals surface area contributed by atoms with E-state index >= 15 is 0 Å². The SMILES string of the molecule is CCC(N[C@H](C)c1ccccn1)C(=O)OC. The fourth-order valence-corrected chi connectivity index (χ4v) is 1.51. The lowest BCUT2D eigenvalue weighted by Crippen LogP contribution is -2.38. The molecule has 0 aliphatic carbocycles. The third-order valence-corrected chi connectivity index (χ3v) is 2.48. The number of methoxy groups -OCH3 is 1. The Balaban J connectivity index is 2.62. The summed E-state index contributed by atoms with van der Waals surface area (Å²) in [7, 11) is 1.40. The van der Waals surface area contributed by atoms with Crippen molar-refractivity contribution in [3.05, 3.63) is 30.1 Å². The Labute approximate surface area is 96.0 Å². The molecule has 0 fully saturated rings. The zero-order chi connectivity index (χ0) is 12.0. The third kappa shape index (κ3) is 3.31. The largest absolute Gasteiger partial charge is 0.468 e. The van der Waals surface area contributed by atoms with Gasteiger partial charge in [0.1, 0.15) is 6.04 Å². The maximum absolute atomic E-state index is 11.4. The van der Waals surface area contributed by atoms with Crippen LogP contribution in [0, 0.1) is 0 Å². The van der Waals surface area contributed by atoms with Crippen LogP contribution in [0.2, 0.25) is 0 Å². The van der Waals surface area contributed by atoms with Crippen molar-refractivity contribution in [2.45, 2.75) is 32.4 Å². The summed E-state index contributed by atoms with van der Waals surface area (Å²) in [6, 6.07) is 5.49. The Kier molecular flexibility index (Phi) is 4.92. The number of pyridine rings is 1. The van der Waals surface area contributed by atoms with Gasteiger partial charge in [0.2, 0.25) is 0 Å². The molecule has 0 aliphatic heterocycles. The van der Waals surface area contributed by atoms with Gasteiger partial charge in [-0.05, 0) is 25.5 Å². The highest BCUT2D eigenvalue weighted by molar-refractivity contribution is 5.75. The van der Waals surface area contributed by atoms with Crippen LogP contribution in [-0.2, 0) is 9.53 Å². The second-order valence-electron chi connectivity index (χ2n) is 3.63. The Morgan fingerprint density at radius 2 is 2.31 bits per heavy atom. The average Bonchev–Trinajstić information content (AvgIpc) is 2.35. The molecule has 0 amide bonds. The summed E-state index contributed by atoms with van der Waals surface area (Å²) < 4.78 is 4.72. The van der Waals surface area contributed by atoms with Gasteiger partial charge in [-0.25, -0.2) is 0 Å². The molecule has 1 N–H and O–H groups in total. The Morgan fingerprint density at radius 1 is 1.56 bits per heavy atom. The molecule has 4 heteroatoms. The standard InChI is InChI=1S/C12H18N2O2/c1-4-10(12(15)16-3)14-9(2)11-7-5-6-8-13-11/h5-10,14H,4H2,1-3H3/t9-,10?/m1/s1. The molecule has 0 bridgehead atoms. The maximum Gasteiger partial charge on any atom is 0.322 e. The van der Waals surface area contributed by atoms with Gasteiger partial charge >= 0.3 is 5.97 Å². The van der Waals surface area contributed by atoms with E-state index in [-0.39, 0.29) is 18.1 Å². The van der Waals surface area contributed by atoms with Gasteiger partial charge in [0.05, 0.1) is 12.8 Å². The first-order valence-electron chi connectivity index (χ1n) is 5.43. The Hall–Kier alpha value is -1.42. The molecular formula is C12H18N2O2. The van der Waals surface area contributed by atoms with Crippen molar-refractivity contribution < 1.29 is 9.53 Å². The second-order valence-corrected chi connectivity index (χ2v) is 3.63. The van der Waals surface area contributed by atoms with E-state index < -0.39 is 0 Å². The molecule has 1 aromatic rings. The van der Waals surface area contributed by atoms with Crippen LogP contribution in [0.15, 0.2) is 24.4 Å². The van der Waals surface area contributed by atoms with Crippen LogP contribution < -0.4 is 5.32 Å². The predicted octanol–water partition coefficient (Wildman–Crippen LogP) is 1.68. The maximum atomic E-state index is 11.4. The van der Waals surface area contributed by atoms with Crippen LogP contribution in [0.4, 0.5) is 0 Å². The summed E-state index contributed by atoms with van der Waals surface area (Å²) in [6.45, 7) is 3.92. The smallest absolute Gasteiger partial charge is 0.322 e. The Bertz CT molecular complexity index is 327. The highest BCUT2D eigenvalue weighted by Crippen LogP contribution is 2.10. The minimum atomic E-state index is -0.276. The van der Waals surface area contributed by atoms with E-state index in [0.29, 0.717) is 6.42 Å². The highest BCUT2D eigenvalue weighted by Gasteiger charge is 2.19. The molecule has 16 heavy (non-hydrogen) atoms. The zero-order valence-corrected chi connectivity index (χ0v) is 9.93. The first kappa shape index (κ1) is 12.6. The van der Waals surface area contributed by atoms with Crippen molar-refractivity contribution in [3.63, 3.8) is 0 Å². The van der Waals surface area contributed by atoms with E-state index in [9.17, 15) is 4.79 Å². The Morgan fingerprint density at radius 3 is 2.81 bits per heavy atom. The summed E-state index contributed by atoms with van der Waals surface area (Å²) in [5, 5.41) is 3.20. The van der Waals surface area contributed by atoms with Crippen LogP contribution in [0.25, 0.3) is 0 Å². The molecule has 1 heterocycles. The van der Waals surface area contributed by atoms with E-state index in [4.69, 9.17) is 4.74 Å². The van der Waals surface area contributed by atoms with Gasteiger partial charge in [-0.3, -0.25) is 15.1 Å². The van der Waals surface area contributed by atoms with Crippen LogP contribution >= 0.6 is 0 Å². The third-order valence-electron chi connectivity index (χ3n) is 2.48. The lowest BCUT2D eigenvalue weighted by molar-refractivity contribution is -0.143. The summed E-state index contributed by atoms with van der Waals surface area (Å²) in [6.07, 6.45) is 2.44. The second kappa shape index (κ2) is 6.23. The van der Waals surface area contributed by atoms with Crippen molar-refractivity contribution in [3.8, 4) is 0 Å². The van der Waals surface area contributed by atoms with Gasteiger partial charge in [-0.1, -0.05) is 13.0 Å². The van der Waals surface area contributed by atoms with Gasteiger partial charge in [0.25, 0.3) is 0 Å². The average molecular weight is 222 g/mol. The van der Waals surface area contributed by atoms with Crippen molar-refractivity contribution in [1.29, 1.82) is 0 Å². The van der Waals surface area contributed by atoms with E-state index in [1.54, 1.807) is 6.20 Å². The lowest BCUT2D eigenvalue weighted by Gasteiger charge is -2.19. The monoisotopic (exact) mass is 222 g/mol. The van der Waals surface area contributed by atoms with Crippen molar-refractivity contribution in [2.24, 2.45) is 0 Å². The quantitative estimate of drug-likeness (QED) is 0.770. The number of ether oxygens (including phenoxy) is 1. The van der Waals surface area contributed by atoms with Gasteiger partial charge in [-0.15, -0.1) is 0 Å². The molecule has 1 rings (SSSR count). The van der Waals surface area contributed by atoms with Gasteiger partial charge in [0, 0.05) is 12.2 Å². The van der Waals surface area contributed by atoms with Crippen molar-refractivity contribution in [2.75, 3.05) is 7.11 Å². The molecule has 88 valence electrons. The predicted molar refractivity (Wildman–Crippen MR) is 61.9 cm³/mol. The summed E-state index contributed by atoms with van der Waals surface area (Å²) in [5.74, 6) is -0.231. The van der Waals surface area contributed by atoms with Crippen LogP contribution in [0.5, 0.6) is 0 Å². The lowest BCUT2D eigenvalue weighted by atomic mass is 10.1. The van der Waals surface area contributed by atoms with Gasteiger partial charge < -0.3 is 4.74 Å². The highest BCUT2D eigenvalue weighted by atomic mass is 16.5. The number of rotatable bonds is 5. The number of hydrogen-bond acceptors (Lipinski definition) is 4. The minimum absolute atomic E-state index is 0.0326. The molecule has 1 unspecified atom stereocenters. The van der Waals surface area contributed by atoms with E-state index in [0.717, 1.165) is 5.69 Å². The number of esters is 1. The molecule has 0 aromatic carbocycles. The van der Waals surface area contributed by atoms with Gasteiger partial charge in [-0.2, -0.15) is 0 Å². The number of nitrogens with one attached hydrogen (secondary N) is 1. The molecular weight excluding hydrogens is 204 g/mol. The molecule has 2 atom stereocenters. The van der Waals surface area contributed by atoms with E-state index in [2.05, 4.69) is 10.3 Å². The van der Waals surface area contributed by atoms with Crippen LogP contribution in [0.1, 0.15) is 32.0 Å². The normalized spacial score (nSPS) is 14.2.